The largest absolute Gasteiger partial charge is 0.449 e. The van der Waals surface area contributed by atoms with E-state index in [1.54, 1.807) is 26.8 Å². The predicted octanol–water partition coefficient (Wildman–Crippen LogP) is 5.64. The lowest BCUT2D eigenvalue weighted by molar-refractivity contribution is -0.129. The van der Waals surface area contributed by atoms with Crippen LogP contribution in [0.5, 0.6) is 0 Å². The van der Waals surface area contributed by atoms with Crippen LogP contribution in [0.4, 0.5) is 14.0 Å². The van der Waals surface area contributed by atoms with Crippen LogP contribution in [0, 0.1) is 5.82 Å². The maximum Gasteiger partial charge on any atom is 0.411 e. The van der Waals surface area contributed by atoms with Crippen molar-refractivity contribution < 1.29 is 33.0 Å². The molecule has 1 heterocycles. The Morgan fingerprint density at radius 1 is 0.977 bits per heavy atom. The summed E-state index contributed by atoms with van der Waals surface area (Å²) < 4.78 is 31.4. The molecule has 0 radical (unpaired) electrons. The number of nitrogens with zero attached hydrogens (tertiary/aromatic N) is 1. The molecule has 3 aromatic carbocycles. The Morgan fingerprint density at radius 2 is 1.61 bits per heavy atom. The summed E-state index contributed by atoms with van der Waals surface area (Å²) in [7, 11) is 1.38. The van der Waals surface area contributed by atoms with Gasteiger partial charge in [-0.25, -0.2) is 14.0 Å². The van der Waals surface area contributed by atoms with Crippen LogP contribution >= 0.6 is 11.6 Å². The molecule has 1 aliphatic heterocycles. The molecule has 3 aromatic rings. The zero-order valence-corrected chi connectivity index (χ0v) is 25.7. The van der Waals surface area contributed by atoms with Crippen LogP contribution in [0.3, 0.4) is 0 Å². The first-order valence-corrected chi connectivity index (χ1v) is 14.7. The summed E-state index contributed by atoms with van der Waals surface area (Å²) in [6, 6.07) is 18.5. The Bertz CT molecular complexity index is 1510. The molecule has 3 unspecified atom stereocenters. The van der Waals surface area contributed by atoms with E-state index in [9.17, 15) is 18.8 Å². The molecule has 2 aliphatic rings. The molecular weight excluding hydrogens is 589 g/mol. The van der Waals surface area contributed by atoms with Crippen LogP contribution in [0.1, 0.15) is 43.4 Å². The molecule has 1 fully saturated rings. The zero-order valence-electron chi connectivity index (χ0n) is 24.9. The van der Waals surface area contributed by atoms with E-state index in [1.165, 1.54) is 24.1 Å². The summed E-state index contributed by atoms with van der Waals surface area (Å²) in [6.45, 7) is 4.95. The summed E-state index contributed by atoms with van der Waals surface area (Å²) in [4.78, 5) is 41.0. The van der Waals surface area contributed by atoms with Gasteiger partial charge in [-0.2, -0.15) is 0 Å². The molecular formula is C33H35ClFN3O6. The van der Waals surface area contributed by atoms with Gasteiger partial charge < -0.3 is 24.8 Å². The minimum atomic E-state index is -1.18. The highest BCUT2D eigenvalue weighted by Crippen LogP contribution is 2.44. The number of ether oxygens (including phenoxy) is 3. The Morgan fingerprint density at radius 3 is 2.23 bits per heavy atom. The van der Waals surface area contributed by atoms with Gasteiger partial charge in [-0.1, -0.05) is 72.3 Å². The topological polar surface area (TPSA) is 106 Å². The van der Waals surface area contributed by atoms with Crippen LogP contribution in [0.2, 0.25) is 5.02 Å². The first-order valence-electron chi connectivity index (χ1n) is 14.3. The molecule has 3 atom stereocenters. The van der Waals surface area contributed by atoms with E-state index in [-0.39, 0.29) is 36.2 Å². The first kappa shape index (κ1) is 31.3. The Balaban J connectivity index is 1.30. The van der Waals surface area contributed by atoms with E-state index in [1.807, 2.05) is 48.5 Å². The van der Waals surface area contributed by atoms with Gasteiger partial charge in [-0.05, 0) is 49.1 Å². The number of halogens is 2. The van der Waals surface area contributed by atoms with Crippen molar-refractivity contribution >= 4 is 29.7 Å². The number of hydrogen-bond acceptors (Lipinski definition) is 6. The number of likely N-dealkylation sites (tertiary alicyclic amines) is 1. The van der Waals surface area contributed by atoms with Crippen LogP contribution in [0.15, 0.2) is 66.7 Å². The minimum Gasteiger partial charge on any atom is -0.449 e. The lowest BCUT2D eigenvalue weighted by atomic mass is 9.98. The average molecular weight is 624 g/mol. The van der Waals surface area contributed by atoms with Crippen molar-refractivity contribution in [2.24, 2.45) is 0 Å². The molecule has 2 N–H and O–H groups in total. The summed E-state index contributed by atoms with van der Waals surface area (Å²) in [5.41, 5.74) is 3.68. The van der Waals surface area contributed by atoms with Crippen molar-refractivity contribution in [1.82, 2.24) is 15.5 Å². The van der Waals surface area contributed by atoms with E-state index >= 15 is 0 Å². The van der Waals surface area contributed by atoms with Crippen LogP contribution in [-0.4, -0.2) is 67.0 Å². The number of methoxy groups -OCH3 is 1. The van der Waals surface area contributed by atoms with Gasteiger partial charge >= 0.3 is 12.2 Å². The van der Waals surface area contributed by atoms with Gasteiger partial charge in [0, 0.05) is 31.7 Å². The number of nitrogens with one attached hydrogen (secondary N) is 2. The second-order valence-corrected chi connectivity index (χ2v) is 12.2. The van der Waals surface area contributed by atoms with E-state index in [0.717, 1.165) is 22.3 Å². The summed E-state index contributed by atoms with van der Waals surface area (Å²) >= 11 is 5.88. The van der Waals surface area contributed by atoms with E-state index in [0.29, 0.717) is 0 Å². The van der Waals surface area contributed by atoms with Crippen molar-refractivity contribution in [2.75, 3.05) is 20.3 Å². The quantitative estimate of drug-likeness (QED) is 0.353. The lowest BCUT2D eigenvalue weighted by Gasteiger charge is -2.29. The van der Waals surface area contributed by atoms with Gasteiger partial charge in [0.15, 0.2) is 0 Å². The van der Waals surface area contributed by atoms with Crippen molar-refractivity contribution in [3.05, 3.63) is 94.3 Å². The van der Waals surface area contributed by atoms with E-state index in [2.05, 4.69) is 10.6 Å². The van der Waals surface area contributed by atoms with Gasteiger partial charge in [-0.15, -0.1) is 0 Å². The molecule has 5 rings (SSSR count). The molecule has 232 valence electrons. The van der Waals surface area contributed by atoms with Crippen molar-refractivity contribution in [3.8, 4) is 11.1 Å². The molecule has 0 spiro atoms. The fourth-order valence-corrected chi connectivity index (χ4v) is 6.00. The number of carbonyl (C=O) groups excluding carboxylic acids is 3. The highest BCUT2D eigenvalue weighted by Gasteiger charge is 2.50. The smallest absolute Gasteiger partial charge is 0.411 e. The highest BCUT2D eigenvalue weighted by atomic mass is 35.5. The SMILES string of the molecule is COC1C(NC(=O)OCC2c3ccccc3-c3ccccc32)CN(C(=O)OC(C)(C)C)C1C(=O)NCc1cccc(Cl)c1F. The van der Waals surface area contributed by atoms with Crippen molar-refractivity contribution in [2.45, 2.75) is 57.0 Å². The number of fused-ring (bicyclic) bond motifs is 3. The summed E-state index contributed by atoms with van der Waals surface area (Å²) in [5.74, 6) is -1.40. The van der Waals surface area contributed by atoms with Gasteiger partial charge in [0.1, 0.15) is 30.2 Å². The molecule has 3 amide bonds. The number of amides is 3. The number of rotatable bonds is 7. The Hall–Kier alpha value is -4.15. The maximum absolute atomic E-state index is 14.5. The third-order valence-electron chi connectivity index (χ3n) is 7.74. The van der Waals surface area contributed by atoms with Gasteiger partial charge in [0.25, 0.3) is 0 Å². The number of hydrogen-bond donors (Lipinski definition) is 2. The predicted molar refractivity (Wildman–Crippen MR) is 163 cm³/mol. The third kappa shape index (κ3) is 6.51. The fourth-order valence-electron chi connectivity index (χ4n) is 5.81. The molecule has 0 aromatic heterocycles. The van der Waals surface area contributed by atoms with Gasteiger partial charge in [0.2, 0.25) is 5.91 Å². The molecule has 1 aliphatic carbocycles. The van der Waals surface area contributed by atoms with Crippen molar-refractivity contribution in [1.29, 1.82) is 0 Å². The highest BCUT2D eigenvalue weighted by molar-refractivity contribution is 6.30. The second kappa shape index (κ2) is 12.8. The molecule has 0 bridgehead atoms. The number of alkyl carbamates (subject to hydrolysis) is 1. The van der Waals surface area contributed by atoms with Crippen LogP contribution in [0.25, 0.3) is 11.1 Å². The Labute approximate surface area is 260 Å². The standard InChI is InChI=1S/C33H35ClFN3O6/c1-33(2,3)44-32(41)38-17-26(29(42-4)28(38)30(39)36-16-19-10-9-15-25(34)27(19)35)37-31(40)43-18-24-22-13-7-5-11-20(22)21-12-6-8-14-23(21)24/h5-15,24,26,28-29H,16-18H2,1-4H3,(H,36,39)(H,37,40). The Kier molecular flexibility index (Phi) is 9.12. The summed E-state index contributed by atoms with van der Waals surface area (Å²) in [6.07, 6.45) is -2.43. The zero-order chi connectivity index (χ0) is 31.6. The normalized spacial score (nSPS) is 19.2. The number of benzene rings is 3. The first-order chi connectivity index (χ1) is 21.0. The monoisotopic (exact) mass is 623 g/mol. The molecule has 0 saturated carbocycles. The third-order valence-corrected chi connectivity index (χ3v) is 8.03. The van der Waals surface area contributed by atoms with E-state index in [4.69, 9.17) is 25.8 Å². The van der Waals surface area contributed by atoms with Crippen LogP contribution < -0.4 is 10.6 Å². The maximum atomic E-state index is 14.5. The average Bonchev–Trinajstić information content (AvgIpc) is 3.51. The molecule has 1 saturated heterocycles. The minimum absolute atomic E-state index is 0.0740. The van der Waals surface area contributed by atoms with Crippen molar-refractivity contribution in [3.63, 3.8) is 0 Å². The molecule has 11 heteroatoms. The van der Waals surface area contributed by atoms with Crippen LogP contribution in [-0.2, 0) is 25.5 Å². The number of carbonyl (C=O) groups is 3. The lowest BCUT2D eigenvalue weighted by Crippen LogP contribution is -2.52. The van der Waals surface area contributed by atoms with E-state index < -0.39 is 47.7 Å². The van der Waals surface area contributed by atoms with Gasteiger partial charge in [0.05, 0.1) is 11.1 Å². The summed E-state index contributed by atoms with van der Waals surface area (Å²) in [5, 5.41) is 5.37. The van der Waals surface area contributed by atoms with Gasteiger partial charge in [-0.3, -0.25) is 9.69 Å². The second-order valence-electron chi connectivity index (χ2n) is 11.8. The molecule has 9 nitrogen and oxygen atoms in total. The molecule has 44 heavy (non-hydrogen) atoms. The fraction of sp³-hybridized carbons (Fsp3) is 0.364.